The molecule has 5 atom stereocenters. The molecule has 3 fully saturated rings. The maximum absolute atomic E-state index is 14.4. The number of esters is 1. The average molecular weight is 552 g/mol. The minimum Gasteiger partial charge on any atom is -0.465 e. The standard InChI is InChI=1S/C29H37N5O6/c1-3-5-10-18-39-28(38)23-22-13-14-29(40-22)24(23)26(36)33(16-8-9-17-35)25(29)27(37)32(15-4-2)19-34-21-12-7-6-11-20(21)30-31-34/h3-4,6-7,11-12,22-25,35H,1-2,5,8-10,13-19H2/t22-,23+,24+,25?,29?/m1/s1. The van der Waals surface area contributed by atoms with Gasteiger partial charge in [-0.05, 0) is 50.7 Å². The molecule has 5 rings (SSSR count). The van der Waals surface area contributed by atoms with Crippen LogP contribution in [0.5, 0.6) is 0 Å². The highest BCUT2D eigenvalue weighted by Gasteiger charge is 2.75. The third-order valence-corrected chi connectivity index (χ3v) is 8.30. The lowest BCUT2D eigenvalue weighted by molar-refractivity contribution is -0.155. The number of ether oxygens (including phenoxy) is 2. The molecule has 2 amide bonds. The Labute approximate surface area is 233 Å². The Hall–Kier alpha value is -3.57. The van der Waals surface area contributed by atoms with Crippen LogP contribution in [0.2, 0.25) is 0 Å². The van der Waals surface area contributed by atoms with E-state index in [1.807, 2.05) is 24.3 Å². The number of nitrogens with zero attached hydrogens (tertiary/aromatic N) is 5. The number of para-hydroxylation sites is 1. The molecule has 11 nitrogen and oxygen atoms in total. The third-order valence-electron chi connectivity index (χ3n) is 8.30. The number of aliphatic hydroxyl groups is 1. The van der Waals surface area contributed by atoms with Gasteiger partial charge in [0.15, 0.2) is 0 Å². The largest absolute Gasteiger partial charge is 0.465 e. The first-order chi connectivity index (χ1) is 19.5. The molecule has 1 N–H and O–H groups in total. The molecule has 1 aromatic carbocycles. The Morgan fingerprint density at radius 2 is 2.05 bits per heavy atom. The molecule has 0 radical (unpaired) electrons. The summed E-state index contributed by atoms with van der Waals surface area (Å²) in [5.41, 5.74) is 0.369. The maximum Gasteiger partial charge on any atom is 0.312 e. The van der Waals surface area contributed by atoms with E-state index in [0.717, 1.165) is 11.9 Å². The van der Waals surface area contributed by atoms with Crippen LogP contribution in [0, 0.1) is 11.8 Å². The second kappa shape index (κ2) is 11.9. The van der Waals surface area contributed by atoms with E-state index in [0.29, 0.717) is 37.6 Å². The number of carbonyl (C=O) groups is 3. The highest BCUT2D eigenvalue weighted by molar-refractivity contribution is 5.98. The molecular weight excluding hydrogens is 514 g/mol. The van der Waals surface area contributed by atoms with Crippen molar-refractivity contribution in [3.05, 3.63) is 49.6 Å². The van der Waals surface area contributed by atoms with Crippen molar-refractivity contribution in [2.24, 2.45) is 11.8 Å². The molecule has 4 heterocycles. The predicted molar refractivity (Wildman–Crippen MR) is 145 cm³/mol. The van der Waals surface area contributed by atoms with Gasteiger partial charge < -0.3 is 24.4 Å². The first-order valence-corrected chi connectivity index (χ1v) is 14.0. The number of likely N-dealkylation sites (tertiary alicyclic amines) is 1. The van der Waals surface area contributed by atoms with Gasteiger partial charge >= 0.3 is 5.97 Å². The van der Waals surface area contributed by atoms with Crippen molar-refractivity contribution in [1.82, 2.24) is 24.8 Å². The van der Waals surface area contributed by atoms with Gasteiger partial charge in [-0.2, -0.15) is 0 Å². The van der Waals surface area contributed by atoms with Crippen LogP contribution in [0.3, 0.4) is 0 Å². The lowest BCUT2D eigenvalue weighted by Gasteiger charge is -2.36. The number of hydrogen-bond donors (Lipinski definition) is 1. The molecular formula is C29H37N5O6. The second-order valence-corrected chi connectivity index (χ2v) is 10.7. The monoisotopic (exact) mass is 551 g/mol. The number of aromatic nitrogens is 3. The Morgan fingerprint density at radius 1 is 1.23 bits per heavy atom. The lowest BCUT2D eigenvalue weighted by atomic mass is 9.70. The van der Waals surface area contributed by atoms with Crippen LogP contribution in [0.4, 0.5) is 0 Å². The van der Waals surface area contributed by atoms with E-state index in [1.165, 1.54) is 0 Å². The first kappa shape index (κ1) is 28.0. The molecule has 3 saturated heterocycles. The van der Waals surface area contributed by atoms with Crippen LogP contribution in [0.1, 0.15) is 38.5 Å². The number of aliphatic hydroxyl groups excluding tert-OH is 1. The van der Waals surface area contributed by atoms with E-state index < -0.39 is 35.6 Å². The van der Waals surface area contributed by atoms with Gasteiger partial charge in [0.1, 0.15) is 23.8 Å². The molecule has 3 aliphatic rings. The van der Waals surface area contributed by atoms with Crippen LogP contribution in [-0.4, -0.2) is 91.7 Å². The van der Waals surface area contributed by atoms with Gasteiger partial charge in [0.25, 0.3) is 0 Å². The fourth-order valence-electron chi connectivity index (χ4n) is 6.56. The van der Waals surface area contributed by atoms with Gasteiger partial charge in [0, 0.05) is 19.7 Å². The third kappa shape index (κ3) is 4.81. The van der Waals surface area contributed by atoms with E-state index in [2.05, 4.69) is 23.5 Å². The van der Waals surface area contributed by atoms with Crippen molar-refractivity contribution in [2.45, 2.75) is 62.9 Å². The molecule has 1 aromatic heterocycles. The highest BCUT2D eigenvalue weighted by atomic mass is 16.6. The van der Waals surface area contributed by atoms with Crippen LogP contribution >= 0.6 is 0 Å². The van der Waals surface area contributed by atoms with E-state index in [4.69, 9.17) is 9.47 Å². The van der Waals surface area contributed by atoms with Gasteiger partial charge in [-0.1, -0.05) is 29.5 Å². The number of hydrogen-bond acceptors (Lipinski definition) is 8. The zero-order chi connectivity index (χ0) is 28.3. The lowest BCUT2D eigenvalue weighted by Crippen LogP contribution is -2.56. The van der Waals surface area contributed by atoms with Crippen molar-refractivity contribution in [2.75, 3.05) is 26.3 Å². The smallest absolute Gasteiger partial charge is 0.312 e. The minimum absolute atomic E-state index is 0.0184. The van der Waals surface area contributed by atoms with Crippen LogP contribution in [0.15, 0.2) is 49.6 Å². The van der Waals surface area contributed by atoms with E-state index >= 15 is 0 Å². The maximum atomic E-state index is 14.4. The summed E-state index contributed by atoms with van der Waals surface area (Å²) >= 11 is 0. The minimum atomic E-state index is -1.12. The zero-order valence-corrected chi connectivity index (χ0v) is 22.7. The summed E-state index contributed by atoms with van der Waals surface area (Å²) in [5, 5.41) is 17.8. The summed E-state index contributed by atoms with van der Waals surface area (Å²) < 4.78 is 13.7. The number of unbranched alkanes of at least 4 members (excludes halogenated alkanes) is 2. The quantitative estimate of drug-likeness (QED) is 0.215. The van der Waals surface area contributed by atoms with Crippen LogP contribution < -0.4 is 0 Å². The first-order valence-electron chi connectivity index (χ1n) is 14.0. The molecule has 11 heteroatoms. The topological polar surface area (TPSA) is 127 Å². The number of amides is 2. The van der Waals surface area contributed by atoms with Crippen LogP contribution in [-0.2, 0) is 30.5 Å². The summed E-state index contributed by atoms with van der Waals surface area (Å²) in [6, 6.07) is 6.57. The molecule has 3 aliphatic heterocycles. The van der Waals surface area contributed by atoms with Crippen molar-refractivity contribution < 1.29 is 29.0 Å². The van der Waals surface area contributed by atoms with E-state index in [9.17, 15) is 19.5 Å². The fraction of sp³-hybridized carbons (Fsp3) is 0.552. The van der Waals surface area contributed by atoms with Gasteiger partial charge in [-0.15, -0.1) is 18.3 Å². The Bertz CT molecular complexity index is 1280. The zero-order valence-electron chi connectivity index (χ0n) is 22.7. The normalized spacial score (nSPS) is 26.7. The number of rotatable bonds is 14. The highest BCUT2D eigenvalue weighted by Crippen LogP contribution is 2.58. The average Bonchev–Trinajstić information content (AvgIpc) is 3.70. The van der Waals surface area contributed by atoms with E-state index in [1.54, 1.807) is 26.6 Å². The van der Waals surface area contributed by atoms with Gasteiger partial charge in [-0.25, -0.2) is 4.68 Å². The van der Waals surface area contributed by atoms with Crippen molar-refractivity contribution in [3.8, 4) is 0 Å². The SMILES string of the molecule is C=CCCCOC(=O)[C@@H]1[C@H]2C(=O)N(CCCCO)C(C(=O)N(CC=C)Cn3nnc4ccccc43)C23CC[C@H]1O3. The number of benzene rings is 1. The Morgan fingerprint density at radius 3 is 2.83 bits per heavy atom. The molecule has 2 aromatic rings. The number of carbonyl (C=O) groups excluding carboxylic acids is 3. The van der Waals surface area contributed by atoms with Crippen LogP contribution in [0.25, 0.3) is 11.0 Å². The molecule has 214 valence electrons. The van der Waals surface area contributed by atoms with Crippen molar-refractivity contribution in [3.63, 3.8) is 0 Å². The summed E-state index contributed by atoms with van der Waals surface area (Å²) in [4.78, 5) is 44.8. The molecule has 40 heavy (non-hydrogen) atoms. The summed E-state index contributed by atoms with van der Waals surface area (Å²) in [7, 11) is 0. The van der Waals surface area contributed by atoms with Crippen molar-refractivity contribution in [1.29, 1.82) is 0 Å². The van der Waals surface area contributed by atoms with Gasteiger partial charge in [0.2, 0.25) is 11.8 Å². The summed E-state index contributed by atoms with van der Waals surface area (Å²) in [6.07, 6.45) is 6.37. The Balaban J connectivity index is 1.45. The molecule has 1 spiro atoms. The summed E-state index contributed by atoms with van der Waals surface area (Å²) in [5.74, 6) is -2.56. The fourth-order valence-corrected chi connectivity index (χ4v) is 6.56. The second-order valence-electron chi connectivity index (χ2n) is 10.7. The number of fused-ring (bicyclic) bond motifs is 2. The predicted octanol–water partition coefficient (Wildman–Crippen LogP) is 2.06. The summed E-state index contributed by atoms with van der Waals surface area (Å²) in [6.45, 7) is 8.36. The molecule has 0 saturated carbocycles. The number of allylic oxidation sites excluding steroid dienone is 1. The molecule has 2 bridgehead atoms. The molecule has 2 unspecified atom stereocenters. The van der Waals surface area contributed by atoms with Gasteiger partial charge in [-0.3, -0.25) is 14.4 Å². The molecule has 0 aliphatic carbocycles. The van der Waals surface area contributed by atoms with Crippen molar-refractivity contribution >= 4 is 28.8 Å². The Kier molecular flexibility index (Phi) is 8.32. The van der Waals surface area contributed by atoms with Gasteiger partial charge in [0.05, 0.1) is 30.1 Å². The van der Waals surface area contributed by atoms with E-state index in [-0.39, 0.29) is 44.8 Å².